The van der Waals surface area contributed by atoms with Crippen LogP contribution in [0.1, 0.15) is 11.1 Å². The lowest BCUT2D eigenvalue weighted by atomic mass is 10.1. The van der Waals surface area contributed by atoms with Crippen LogP contribution < -0.4 is 0 Å². The van der Waals surface area contributed by atoms with Gasteiger partial charge in [0.1, 0.15) is 17.7 Å². The molecular formula is C17H11N3O2S. The number of nitro benzene ring substituents is 1. The molecule has 0 fully saturated rings. The standard InChI is InChI=1S/C17H11N3O2S/c1-12-2-5-15(6-3-12)23-17-7-4-13(8-14(10-18)11-19)9-16(17)20(21)22/h2-9H,1H3. The summed E-state index contributed by atoms with van der Waals surface area (Å²) in [5, 5.41) is 28.8. The Morgan fingerprint density at radius 3 is 2.39 bits per heavy atom. The molecule has 0 atom stereocenters. The second kappa shape index (κ2) is 7.26. The van der Waals surface area contributed by atoms with Crippen molar-refractivity contribution in [3.63, 3.8) is 0 Å². The highest BCUT2D eigenvalue weighted by atomic mass is 32.2. The van der Waals surface area contributed by atoms with Crippen molar-refractivity contribution in [2.75, 3.05) is 0 Å². The molecule has 0 aliphatic heterocycles. The van der Waals surface area contributed by atoms with Gasteiger partial charge in [-0.1, -0.05) is 35.5 Å². The smallest absolute Gasteiger partial charge is 0.258 e. The number of aryl methyl sites for hydroxylation is 1. The largest absolute Gasteiger partial charge is 0.283 e. The van der Waals surface area contributed by atoms with Crippen molar-refractivity contribution < 1.29 is 4.92 Å². The van der Waals surface area contributed by atoms with Crippen LogP contribution in [0.15, 0.2) is 57.8 Å². The minimum Gasteiger partial charge on any atom is -0.258 e. The SMILES string of the molecule is Cc1ccc(Sc2ccc(C=C(C#N)C#N)cc2[N+](=O)[O-])cc1. The van der Waals surface area contributed by atoms with Gasteiger partial charge in [-0.05, 0) is 36.8 Å². The summed E-state index contributed by atoms with van der Waals surface area (Å²) in [6.45, 7) is 1.97. The Hall–Kier alpha value is -3.09. The fourth-order valence-corrected chi connectivity index (χ4v) is 2.74. The fourth-order valence-electron chi connectivity index (χ4n) is 1.84. The Morgan fingerprint density at radius 2 is 1.83 bits per heavy atom. The molecule has 0 spiro atoms. The molecule has 0 amide bonds. The summed E-state index contributed by atoms with van der Waals surface area (Å²) in [6.07, 6.45) is 1.33. The number of benzene rings is 2. The molecule has 0 aromatic heterocycles. The molecular weight excluding hydrogens is 310 g/mol. The first-order valence-corrected chi connectivity index (χ1v) is 7.40. The molecule has 112 valence electrons. The molecule has 0 bridgehead atoms. The molecule has 0 radical (unpaired) electrons. The van der Waals surface area contributed by atoms with Crippen molar-refractivity contribution >= 4 is 23.5 Å². The van der Waals surface area contributed by atoms with Crippen LogP contribution in [0.4, 0.5) is 5.69 Å². The van der Waals surface area contributed by atoms with Crippen LogP contribution >= 0.6 is 11.8 Å². The van der Waals surface area contributed by atoms with E-state index in [0.717, 1.165) is 10.5 Å². The van der Waals surface area contributed by atoms with E-state index in [0.29, 0.717) is 10.5 Å². The quantitative estimate of drug-likeness (QED) is 0.470. The van der Waals surface area contributed by atoms with E-state index in [1.54, 1.807) is 24.3 Å². The lowest BCUT2D eigenvalue weighted by Gasteiger charge is -2.04. The lowest BCUT2D eigenvalue weighted by Crippen LogP contribution is -1.92. The summed E-state index contributed by atoms with van der Waals surface area (Å²) < 4.78 is 0. The molecule has 0 aliphatic carbocycles. The van der Waals surface area contributed by atoms with Crippen LogP contribution in [0.3, 0.4) is 0 Å². The Balaban J connectivity index is 2.40. The molecule has 2 aromatic rings. The second-order valence-electron chi connectivity index (χ2n) is 4.68. The van der Waals surface area contributed by atoms with E-state index < -0.39 is 4.92 Å². The van der Waals surface area contributed by atoms with Crippen molar-refractivity contribution in [3.05, 3.63) is 69.3 Å². The normalized spacial score (nSPS) is 9.52. The summed E-state index contributed by atoms with van der Waals surface area (Å²) in [7, 11) is 0. The van der Waals surface area contributed by atoms with Crippen molar-refractivity contribution in [1.82, 2.24) is 0 Å². The maximum atomic E-state index is 11.3. The predicted octanol–water partition coefficient (Wildman–Crippen LogP) is 4.48. The van der Waals surface area contributed by atoms with Gasteiger partial charge in [0.25, 0.3) is 5.69 Å². The molecule has 0 saturated carbocycles. The van der Waals surface area contributed by atoms with Crippen molar-refractivity contribution in [1.29, 1.82) is 10.5 Å². The number of nitriles is 2. The third kappa shape index (κ3) is 4.19. The maximum Gasteiger partial charge on any atom is 0.283 e. The first-order chi connectivity index (χ1) is 11.0. The van der Waals surface area contributed by atoms with Crippen LogP contribution in [0, 0.1) is 39.7 Å². The lowest BCUT2D eigenvalue weighted by molar-refractivity contribution is -0.387. The van der Waals surface area contributed by atoms with E-state index in [1.165, 1.54) is 23.9 Å². The minimum absolute atomic E-state index is 0.0560. The summed E-state index contributed by atoms with van der Waals surface area (Å²) in [6, 6.07) is 15.8. The Bertz CT molecular complexity index is 843. The molecule has 0 unspecified atom stereocenters. The Kier molecular flexibility index (Phi) is 5.14. The molecule has 0 heterocycles. The van der Waals surface area contributed by atoms with Crippen LogP contribution in [0.2, 0.25) is 0 Å². The predicted molar refractivity (Wildman–Crippen MR) is 87.6 cm³/mol. The second-order valence-corrected chi connectivity index (χ2v) is 5.80. The Labute approximate surface area is 137 Å². The van der Waals surface area contributed by atoms with Crippen molar-refractivity contribution in [3.8, 4) is 12.1 Å². The molecule has 23 heavy (non-hydrogen) atoms. The number of hydrogen-bond acceptors (Lipinski definition) is 5. The first-order valence-electron chi connectivity index (χ1n) is 6.58. The van der Waals surface area contributed by atoms with E-state index >= 15 is 0 Å². The van der Waals surface area contributed by atoms with Gasteiger partial charge in [-0.15, -0.1) is 0 Å². The minimum atomic E-state index is -0.466. The third-order valence-electron chi connectivity index (χ3n) is 2.98. The summed E-state index contributed by atoms with van der Waals surface area (Å²) in [5.74, 6) is 0. The van der Waals surface area contributed by atoms with Gasteiger partial charge in [-0.3, -0.25) is 10.1 Å². The summed E-state index contributed by atoms with van der Waals surface area (Å²) >= 11 is 1.30. The number of hydrogen-bond donors (Lipinski definition) is 0. The zero-order chi connectivity index (χ0) is 16.8. The highest BCUT2D eigenvalue weighted by Gasteiger charge is 2.15. The number of nitrogens with zero attached hydrogens (tertiary/aromatic N) is 3. The molecule has 2 aromatic carbocycles. The zero-order valence-corrected chi connectivity index (χ0v) is 13.0. The molecule has 0 N–H and O–H groups in total. The monoisotopic (exact) mass is 321 g/mol. The van der Waals surface area contributed by atoms with Gasteiger partial charge < -0.3 is 0 Å². The van der Waals surface area contributed by atoms with Gasteiger partial charge in [0, 0.05) is 11.0 Å². The topological polar surface area (TPSA) is 90.7 Å². The van der Waals surface area contributed by atoms with E-state index in [2.05, 4.69) is 0 Å². The molecule has 0 saturated heterocycles. The van der Waals surface area contributed by atoms with Gasteiger partial charge in [0.2, 0.25) is 0 Å². The number of allylic oxidation sites excluding steroid dienone is 1. The number of rotatable bonds is 4. The van der Waals surface area contributed by atoms with Crippen molar-refractivity contribution in [2.45, 2.75) is 16.7 Å². The van der Waals surface area contributed by atoms with Gasteiger partial charge in [0.15, 0.2) is 0 Å². The molecule has 2 rings (SSSR count). The first kappa shape index (κ1) is 16.3. The summed E-state index contributed by atoms with van der Waals surface area (Å²) in [5.41, 5.74) is 1.41. The highest BCUT2D eigenvalue weighted by molar-refractivity contribution is 7.99. The highest BCUT2D eigenvalue weighted by Crippen LogP contribution is 2.35. The fraction of sp³-hybridized carbons (Fsp3) is 0.0588. The van der Waals surface area contributed by atoms with Gasteiger partial charge in [0.05, 0.1) is 9.82 Å². The van der Waals surface area contributed by atoms with E-state index in [1.807, 2.05) is 31.2 Å². The average Bonchev–Trinajstić information content (AvgIpc) is 2.55. The number of nitro groups is 1. The van der Waals surface area contributed by atoms with Crippen LogP contribution in [-0.2, 0) is 0 Å². The maximum absolute atomic E-state index is 11.3. The summed E-state index contributed by atoms with van der Waals surface area (Å²) in [4.78, 5) is 12.2. The van der Waals surface area contributed by atoms with Gasteiger partial charge >= 0.3 is 0 Å². The van der Waals surface area contributed by atoms with Gasteiger partial charge in [-0.25, -0.2) is 0 Å². The molecule has 5 nitrogen and oxygen atoms in total. The van der Waals surface area contributed by atoms with Gasteiger partial charge in [-0.2, -0.15) is 10.5 Å². The molecule has 0 aliphatic rings. The van der Waals surface area contributed by atoms with Crippen molar-refractivity contribution in [2.24, 2.45) is 0 Å². The van der Waals surface area contributed by atoms with E-state index in [9.17, 15) is 10.1 Å². The molecule has 6 heteroatoms. The van der Waals surface area contributed by atoms with Crippen LogP contribution in [0.25, 0.3) is 6.08 Å². The third-order valence-corrected chi connectivity index (χ3v) is 4.05. The Morgan fingerprint density at radius 1 is 1.17 bits per heavy atom. The van der Waals surface area contributed by atoms with E-state index in [-0.39, 0.29) is 11.3 Å². The zero-order valence-electron chi connectivity index (χ0n) is 12.2. The average molecular weight is 321 g/mol. The van der Waals surface area contributed by atoms with Crippen LogP contribution in [0.5, 0.6) is 0 Å². The van der Waals surface area contributed by atoms with E-state index in [4.69, 9.17) is 10.5 Å². The van der Waals surface area contributed by atoms with Crippen LogP contribution in [-0.4, -0.2) is 4.92 Å².